The molecule has 3 aromatic heterocycles. The maximum atomic E-state index is 4.65. The van der Waals surface area contributed by atoms with Crippen LogP contribution in [-0.2, 0) is 6.54 Å². The summed E-state index contributed by atoms with van der Waals surface area (Å²) in [6, 6.07) is 0. The second kappa shape index (κ2) is 5.16. The van der Waals surface area contributed by atoms with E-state index >= 15 is 0 Å². The predicted molar refractivity (Wildman–Crippen MR) is 82.7 cm³/mol. The van der Waals surface area contributed by atoms with Gasteiger partial charge in [0, 0.05) is 62.1 Å². The molecule has 3 aromatic rings. The summed E-state index contributed by atoms with van der Waals surface area (Å²) >= 11 is 3.41. The molecule has 0 atom stereocenters. The van der Waals surface area contributed by atoms with Crippen LogP contribution in [0.5, 0.6) is 0 Å². The lowest BCUT2D eigenvalue weighted by atomic mass is 10.3. The van der Waals surface area contributed by atoms with Gasteiger partial charge in [0.25, 0.3) is 0 Å². The lowest BCUT2D eigenvalue weighted by Gasteiger charge is -2.34. The Morgan fingerprint density at radius 2 is 2.00 bits per heavy atom. The Hall–Kier alpha value is -1.44. The Morgan fingerprint density at radius 3 is 2.75 bits per heavy atom. The normalized spacial score (nSPS) is 17.1. The van der Waals surface area contributed by atoms with E-state index in [1.165, 1.54) is 5.69 Å². The fourth-order valence-electron chi connectivity index (χ4n) is 2.55. The Kier molecular flexibility index (Phi) is 3.17. The summed E-state index contributed by atoms with van der Waals surface area (Å²) in [4.78, 5) is 15.0. The van der Waals surface area contributed by atoms with Crippen molar-refractivity contribution in [2.75, 3.05) is 31.1 Å². The molecule has 4 rings (SSSR count). The molecule has 0 amide bonds. The average molecular weight is 305 g/mol. The smallest absolute Gasteiger partial charge is 0.193 e. The molecule has 0 saturated carbocycles. The Morgan fingerprint density at radius 1 is 1.10 bits per heavy atom. The fraction of sp³-hybridized carbons (Fsp3) is 0.385. The first-order valence-corrected chi connectivity index (χ1v) is 8.42. The minimum Gasteiger partial charge on any atom is -0.346 e. The third-order valence-electron chi connectivity index (χ3n) is 3.59. The number of imidazole rings is 1. The van der Waals surface area contributed by atoms with Crippen molar-refractivity contribution in [1.29, 1.82) is 0 Å². The van der Waals surface area contributed by atoms with Gasteiger partial charge >= 0.3 is 0 Å². The van der Waals surface area contributed by atoms with E-state index in [0.717, 1.165) is 42.8 Å². The summed E-state index contributed by atoms with van der Waals surface area (Å²) in [7, 11) is 0. The number of piperazine rings is 1. The van der Waals surface area contributed by atoms with Crippen molar-refractivity contribution in [3.05, 3.63) is 35.0 Å². The van der Waals surface area contributed by atoms with Crippen LogP contribution in [0, 0.1) is 0 Å². The first-order valence-electron chi connectivity index (χ1n) is 6.66. The van der Waals surface area contributed by atoms with Gasteiger partial charge < -0.3 is 4.90 Å². The van der Waals surface area contributed by atoms with Gasteiger partial charge in [0.2, 0.25) is 0 Å². The van der Waals surface area contributed by atoms with Crippen molar-refractivity contribution >= 4 is 32.8 Å². The van der Waals surface area contributed by atoms with Gasteiger partial charge in [-0.15, -0.1) is 22.7 Å². The highest BCUT2D eigenvalue weighted by atomic mass is 32.1. The van der Waals surface area contributed by atoms with Crippen molar-refractivity contribution in [2.24, 2.45) is 0 Å². The molecule has 0 radical (unpaired) electrons. The van der Waals surface area contributed by atoms with E-state index in [1.807, 2.05) is 11.6 Å². The number of fused-ring (bicyclic) bond motifs is 1. The van der Waals surface area contributed by atoms with E-state index in [2.05, 4.69) is 41.9 Å². The van der Waals surface area contributed by atoms with Gasteiger partial charge in [0.15, 0.2) is 10.1 Å². The highest BCUT2D eigenvalue weighted by Gasteiger charge is 2.19. The summed E-state index contributed by atoms with van der Waals surface area (Å²) in [5.74, 6) is 0. The summed E-state index contributed by atoms with van der Waals surface area (Å²) < 4.78 is 2.10. The van der Waals surface area contributed by atoms with Crippen molar-refractivity contribution in [1.82, 2.24) is 19.3 Å². The SMILES string of the molecule is c1csc(N2CCN(Cc3cn4ccsc4n3)CC2)n1. The van der Waals surface area contributed by atoms with E-state index in [0.29, 0.717) is 0 Å². The van der Waals surface area contributed by atoms with Crippen LogP contribution >= 0.6 is 22.7 Å². The number of aromatic nitrogens is 3. The Bertz CT molecular complexity index is 650. The molecule has 0 aromatic carbocycles. The van der Waals surface area contributed by atoms with E-state index in [-0.39, 0.29) is 0 Å². The van der Waals surface area contributed by atoms with Crippen LogP contribution < -0.4 is 4.90 Å². The van der Waals surface area contributed by atoms with Gasteiger partial charge in [0.05, 0.1) is 5.69 Å². The minimum absolute atomic E-state index is 0.945. The topological polar surface area (TPSA) is 36.7 Å². The molecule has 1 saturated heterocycles. The molecule has 1 aliphatic rings. The molecule has 4 heterocycles. The van der Waals surface area contributed by atoms with Crippen LogP contribution in [0.4, 0.5) is 5.13 Å². The number of nitrogens with zero attached hydrogens (tertiary/aromatic N) is 5. The van der Waals surface area contributed by atoms with Gasteiger partial charge in [0.1, 0.15) is 0 Å². The van der Waals surface area contributed by atoms with E-state index < -0.39 is 0 Å². The number of anilines is 1. The lowest BCUT2D eigenvalue weighted by molar-refractivity contribution is 0.247. The van der Waals surface area contributed by atoms with Crippen molar-refractivity contribution in [3.63, 3.8) is 0 Å². The molecule has 0 bridgehead atoms. The molecule has 0 unspecified atom stereocenters. The number of hydrogen-bond donors (Lipinski definition) is 0. The molecule has 0 aliphatic carbocycles. The van der Waals surface area contributed by atoms with Crippen LogP contribution in [0.3, 0.4) is 0 Å². The van der Waals surface area contributed by atoms with Gasteiger partial charge in [-0.2, -0.15) is 0 Å². The highest BCUT2D eigenvalue weighted by Crippen LogP contribution is 2.20. The van der Waals surface area contributed by atoms with Crippen molar-refractivity contribution in [2.45, 2.75) is 6.54 Å². The predicted octanol–water partition coefficient (Wildman–Crippen LogP) is 2.17. The van der Waals surface area contributed by atoms with Crippen LogP contribution in [0.25, 0.3) is 4.96 Å². The van der Waals surface area contributed by atoms with E-state index in [4.69, 9.17) is 0 Å². The second-order valence-electron chi connectivity index (χ2n) is 4.90. The Labute approximate surface area is 125 Å². The quantitative estimate of drug-likeness (QED) is 0.743. The first-order chi connectivity index (χ1) is 9.88. The maximum Gasteiger partial charge on any atom is 0.193 e. The standard InChI is InChI=1S/C13H15N5S2/c1-7-19-12(14-1)17-4-2-16(3-5-17)9-11-10-18-6-8-20-13(18)15-11/h1,6-8,10H,2-5,9H2. The highest BCUT2D eigenvalue weighted by molar-refractivity contribution is 7.15. The third-order valence-corrected chi connectivity index (χ3v) is 5.19. The zero-order valence-electron chi connectivity index (χ0n) is 11.0. The van der Waals surface area contributed by atoms with Gasteiger partial charge in [-0.1, -0.05) is 0 Å². The van der Waals surface area contributed by atoms with Gasteiger partial charge in [-0.3, -0.25) is 9.30 Å². The number of rotatable bonds is 3. The zero-order valence-corrected chi connectivity index (χ0v) is 12.6. The summed E-state index contributed by atoms with van der Waals surface area (Å²) in [5.41, 5.74) is 1.17. The minimum atomic E-state index is 0.945. The molecule has 5 nitrogen and oxygen atoms in total. The average Bonchev–Trinajstić information content (AvgIpc) is 3.15. The molecule has 0 N–H and O–H groups in total. The fourth-order valence-corrected chi connectivity index (χ4v) is 3.97. The number of hydrogen-bond acceptors (Lipinski definition) is 6. The monoisotopic (exact) mass is 305 g/mol. The third kappa shape index (κ3) is 2.32. The van der Waals surface area contributed by atoms with Gasteiger partial charge in [-0.25, -0.2) is 9.97 Å². The molecule has 7 heteroatoms. The largest absolute Gasteiger partial charge is 0.346 e. The molecule has 0 spiro atoms. The molecule has 1 fully saturated rings. The van der Waals surface area contributed by atoms with Crippen LogP contribution in [-0.4, -0.2) is 45.4 Å². The van der Waals surface area contributed by atoms with Crippen LogP contribution in [0.15, 0.2) is 29.4 Å². The molecular formula is C13H15N5S2. The van der Waals surface area contributed by atoms with E-state index in [1.54, 1.807) is 22.7 Å². The molecular weight excluding hydrogens is 290 g/mol. The summed E-state index contributed by atoms with van der Waals surface area (Å²) in [6.07, 6.45) is 6.08. The second-order valence-corrected chi connectivity index (χ2v) is 6.65. The summed E-state index contributed by atoms with van der Waals surface area (Å²) in [6.45, 7) is 5.20. The van der Waals surface area contributed by atoms with Gasteiger partial charge in [-0.05, 0) is 0 Å². The zero-order chi connectivity index (χ0) is 13.4. The Balaban J connectivity index is 1.38. The molecule has 1 aliphatic heterocycles. The summed E-state index contributed by atoms with van der Waals surface area (Å²) in [5, 5.41) is 5.26. The maximum absolute atomic E-state index is 4.65. The van der Waals surface area contributed by atoms with Crippen LogP contribution in [0.1, 0.15) is 5.69 Å². The molecule has 104 valence electrons. The lowest BCUT2D eigenvalue weighted by Crippen LogP contribution is -2.45. The first kappa shape index (κ1) is 12.3. The van der Waals surface area contributed by atoms with Crippen molar-refractivity contribution in [3.8, 4) is 0 Å². The molecule has 20 heavy (non-hydrogen) atoms. The van der Waals surface area contributed by atoms with Crippen molar-refractivity contribution < 1.29 is 0 Å². The van der Waals surface area contributed by atoms with Crippen LogP contribution in [0.2, 0.25) is 0 Å². The number of thiazole rings is 2. The van der Waals surface area contributed by atoms with E-state index in [9.17, 15) is 0 Å².